The third-order valence-electron chi connectivity index (χ3n) is 3.48. The highest BCUT2D eigenvalue weighted by Crippen LogP contribution is 2.29. The lowest BCUT2D eigenvalue weighted by Crippen LogP contribution is -2.11. The summed E-state index contributed by atoms with van der Waals surface area (Å²) in [6, 6.07) is 12.0. The fourth-order valence-corrected chi connectivity index (χ4v) is 3.47. The molecule has 0 atom stereocenters. The first-order valence-electron chi connectivity index (χ1n) is 7.59. The Morgan fingerprint density at radius 1 is 1.24 bits per heavy atom. The number of benzene rings is 2. The number of thioether (sulfide) groups is 1. The van der Waals surface area contributed by atoms with Gasteiger partial charge in [-0.1, -0.05) is 41.6 Å². The molecule has 3 rings (SSSR count). The Hall–Kier alpha value is -2.25. The molecule has 0 saturated carbocycles. The minimum atomic E-state index is -0.354. The molecular formula is C17H16ClFN4OS. The second kappa shape index (κ2) is 7.76. The maximum absolute atomic E-state index is 13.9. The first kappa shape index (κ1) is 17.6. The number of halogens is 2. The second-order valence-electron chi connectivity index (χ2n) is 5.13. The molecule has 0 saturated heterocycles. The van der Waals surface area contributed by atoms with Crippen molar-refractivity contribution in [2.75, 3.05) is 12.4 Å². The van der Waals surface area contributed by atoms with Gasteiger partial charge in [0.15, 0.2) is 5.82 Å². The highest BCUT2D eigenvalue weighted by molar-refractivity contribution is 7.98. The van der Waals surface area contributed by atoms with E-state index in [0.717, 1.165) is 11.3 Å². The molecule has 0 aliphatic heterocycles. The lowest BCUT2D eigenvalue weighted by molar-refractivity contribution is 0.340. The molecule has 1 heterocycles. The van der Waals surface area contributed by atoms with Crippen molar-refractivity contribution in [1.29, 1.82) is 0 Å². The lowest BCUT2D eigenvalue weighted by atomic mass is 10.2. The summed E-state index contributed by atoms with van der Waals surface area (Å²) in [6.45, 7) is 2.49. The van der Waals surface area contributed by atoms with Gasteiger partial charge in [-0.15, -0.1) is 10.2 Å². The van der Waals surface area contributed by atoms with Crippen LogP contribution in [0.1, 0.15) is 12.5 Å². The lowest BCUT2D eigenvalue weighted by Gasteiger charge is -2.07. The van der Waals surface area contributed by atoms with Gasteiger partial charge in [0.2, 0.25) is 5.16 Å². The molecule has 0 spiro atoms. The Morgan fingerprint density at radius 3 is 2.80 bits per heavy atom. The summed E-state index contributed by atoms with van der Waals surface area (Å²) < 4.78 is 20.7. The van der Waals surface area contributed by atoms with Gasteiger partial charge in [0.05, 0.1) is 6.61 Å². The summed E-state index contributed by atoms with van der Waals surface area (Å²) in [5.41, 5.74) is 1.20. The predicted octanol–water partition coefficient (Wildman–Crippen LogP) is 4.14. The van der Waals surface area contributed by atoms with Gasteiger partial charge in [-0.25, -0.2) is 9.07 Å². The van der Waals surface area contributed by atoms with E-state index in [2.05, 4.69) is 10.2 Å². The van der Waals surface area contributed by atoms with Crippen LogP contribution in [0.15, 0.2) is 47.6 Å². The zero-order valence-corrected chi connectivity index (χ0v) is 15.0. The van der Waals surface area contributed by atoms with Crippen LogP contribution < -0.4 is 10.6 Å². The highest BCUT2D eigenvalue weighted by atomic mass is 35.5. The van der Waals surface area contributed by atoms with Crippen molar-refractivity contribution in [3.8, 4) is 17.1 Å². The Bertz CT molecular complexity index is 867. The van der Waals surface area contributed by atoms with Crippen LogP contribution in [0.3, 0.4) is 0 Å². The van der Waals surface area contributed by atoms with Crippen molar-refractivity contribution in [1.82, 2.24) is 14.9 Å². The van der Waals surface area contributed by atoms with Gasteiger partial charge in [0.25, 0.3) is 0 Å². The Kier molecular flexibility index (Phi) is 5.45. The van der Waals surface area contributed by atoms with Gasteiger partial charge >= 0.3 is 0 Å². The Labute approximate surface area is 153 Å². The molecule has 0 radical (unpaired) electrons. The van der Waals surface area contributed by atoms with E-state index in [0.29, 0.717) is 33.9 Å². The van der Waals surface area contributed by atoms with Crippen LogP contribution in [-0.4, -0.2) is 21.5 Å². The number of nitrogens with zero attached hydrogens (tertiary/aromatic N) is 3. The number of aromatic nitrogens is 3. The normalized spacial score (nSPS) is 10.8. The fourth-order valence-electron chi connectivity index (χ4n) is 2.27. The maximum atomic E-state index is 13.9. The summed E-state index contributed by atoms with van der Waals surface area (Å²) in [7, 11) is 0. The summed E-state index contributed by atoms with van der Waals surface area (Å²) in [5, 5.41) is 9.06. The van der Waals surface area contributed by atoms with Crippen LogP contribution in [0, 0.1) is 5.82 Å². The minimum absolute atomic E-state index is 0.305. The van der Waals surface area contributed by atoms with Gasteiger partial charge < -0.3 is 10.6 Å². The fraction of sp³-hybridized carbons (Fsp3) is 0.176. The van der Waals surface area contributed by atoms with Gasteiger partial charge in [-0.2, -0.15) is 0 Å². The van der Waals surface area contributed by atoms with Gasteiger partial charge in [-0.3, -0.25) is 0 Å². The second-order valence-corrected chi connectivity index (χ2v) is 6.48. The summed E-state index contributed by atoms with van der Waals surface area (Å²) in [5.74, 6) is 7.29. The zero-order chi connectivity index (χ0) is 17.8. The van der Waals surface area contributed by atoms with Gasteiger partial charge in [-0.05, 0) is 31.2 Å². The van der Waals surface area contributed by atoms with E-state index in [4.69, 9.17) is 22.2 Å². The first-order chi connectivity index (χ1) is 12.1. The third-order valence-corrected chi connectivity index (χ3v) is 4.80. The minimum Gasteiger partial charge on any atom is -0.494 e. The molecule has 25 heavy (non-hydrogen) atoms. The number of hydrogen-bond donors (Lipinski definition) is 1. The van der Waals surface area contributed by atoms with Crippen LogP contribution in [0.2, 0.25) is 5.02 Å². The van der Waals surface area contributed by atoms with E-state index in [9.17, 15) is 4.39 Å². The van der Waals surface area contributed by atoms with E-state index >= 15 is 0 Å². The third kappa shape index (κ3) is 3.88. The molecule has 3 aromatic rings. The monoisotopic (exact) mass is 378 g/mol. The van der Waals surface area contributed by atoms with Crippen LogP contribution >= 0.6 is 23.4 Å². The van der Waals surface area contributed by atoms with Crippen LogP contribution in [-0.2, 0) is 5.75 Å². The van der Waals surface area contributed by atoms with E-state index < -0.39 is 0 Å². The van der Waals surface area contributed by atoms with E-state index in [1.807, 2.05) is 31.2 Å². The summed E-state index contributed by atoms with van der Waals surface area (Å²) in [4.78, 5) is 0. The van der Waals surface area contributed by atoms with E-state index in [1.165, 1.54) is 22.5 Å². The van der Waals surface area contributed by atoms with Gasteiger partial charge in [0.1, 0.15) is 11.6 Å². The average molecular weight is 379 g/mol. The van der Waals surface area contributed by atoms with Crippen LogP contribution in [0.4, 0.5) is 4.39 Å². The topological polar surface area (TPSA) is 66.0 Å². The molecule has 2 aromatic carbocycles. The first-order valence-corrected chi connectivity index (χ1v) is 8.96. The molecule has 1 aromatic heterocycles. The Morgan fingerprint density at radius 2 is 2.04 bits per heavy atom. The molecule has 2 N–H and O–H groups in total. The molecule has 0 bridgehead atoms. The molecule has 130 valence electrons. The number of hydrogen-bond acceptors (Lipinski definition) is 5. The number of ether oxygens (including phenoxy) is 1. The van der Waals surface area contributed by atoms with Crippen LogP contribution in [0.5, 0.6) is 5.75 Å². The number of rotatable bonds is 6. The van der Waals surface area contributed by atoms with Crippen molar-refractivity contribution in [3.05, 3.63) is 58.9 Å². The average Bonchev–Trinajstić information content (AvgIpc) is 2.96. The van der Waals surface area contributed by atoms with Crippen molar-refractivity contribution in [2.45, 2.75) is 17.8 Å². The smallest absolute Gasteiger partial charge is 0.210 e. The van der Waals surface area contributed by atoms with Crippen molar-refractivity contribution < 1.29 is 9.13 Å². The largest absolute Gasteiger partial charge is 0.494 e. The van der Waals surface area contributed by atoms with Crippen molar-refractivity contribution in [2.24, 2.45) is 0 Å². The summed E-state index contributed by atoms with van der Waals surface area (Å²) in [6.07, 6.45) is 0. The molecule has 5 nitrogen and oxygen atoms in total. The number of nitrogens with two attached hydrogens (primary N) is 1. The molecule has 0 aliphatic rings. The maximum Gasteiger partial charge on any atom is 0.210 e. The van der Waals surface area contributed by atoms with Crippen LogP contribution in [0.25, 0.3) is 11.4 Å². The van der Waals surface area contributed by atoms with E-state index in [1.54, 1.807) is 12.1 Å². The van der Waals surface area contributed by atoms with Crippen molar-refractivity contribution >= 4 is 23.4 Å². The molecule has 8 heteroatoms. The SMILES string of the molecule is CCOc1cccc(-c2nnc(SCc3c(F)cccc3Cl)n2N)c1. The predicted molar refractivity (Wildman–Crippen MR) is 97.7 cm³/mol. The quantitative estimate of drug-likeness (QED) is 0.515. The standard InChI is InChI=1S/C17H16ClFN4OS/c1-2-24-12-6-3-5-11(9-12)16-21-22-17(23(16)20)25-10-13-14(18)7-4-8-15(13)19/h3-9H,2,10,20H2,1H3. The van der Waals surface area contributed by atoms with E-state index in [-0.39, 0.29) is 5.82 Å². The molecular weight excluding hydrogens is 363 g/mol. The Balaban J connectivity index is 1.81. The zero-order valence-electron chi connectivity index (χ0n) is 13.4. The van der Waals surface area contributed by atoms with Crippen molar-refractivity contribution in [3.63, 3.8) is 0 Å². The summed E-state index contributed by atoms with van der Waals surface area (Å²) >= 11 is 7.31. The van der Waals surface area contributed by atoms with Gasteiger partial charge in [0, 0.05) is 21.9 Å². The molecule has 0 amide bonds. The number of nitrogen functional groups attached to an aromatic ring is 1. The highest BCUT2D eigenvalue weighted by Gasteiger charge is 2.15. The molecule has 0 fully saturated rings. The molecule has 0 aliphatic carbocycles. The molecule has 0 unspecified atom stereocenters.